The van der Waals surface area contributed by atoms with Crippen molar-refractivity contribution in [3.63, 3.8) is 0 Å². The van der Waals surface area contributed by atoms with Crippen molar-refractivity contribution in [3.05, 3.63) is 36.5 Å². The first-order chi connectivity index (χ1) is 13.9. The summed E-state index contributed by atoms with van der Waals surface area (Å²) in [7, 11) is 0. The van der Waals surface area contributed by atoms with Crippen LogP contribution in [0.3, 0.4) is 0 Å². The monoisotopic (exact) mass is 420 g/mol. The molecule has 2 aromatic heterocycles. The van der Waals surface area contributed by atoms with Crippen LogP contribution in [0.1, 0.15) is 23.9 Å². The van der Waals surface area contributed by atoms with E-state index in [1.54, 1.807) is 17.9 Å². The van der Waals surface area contributed by atoms with Crippen molar-refractivity contribution >= 4 is 35.4 Å². The van der Waals surface area contributed by atoms with E-state index in [-0.39, 0.29) is 24.6 Å². The highest BCUT2D eigenvalue weighted by atomic mass is 32.1. The molecule has 0 bridgehead atoms. The Morgan fingerprint density at radius 2 is 2.03 bits per heavy atom. The van der Waals surface area contributed by atoms with Crippen LogP contribution in [-0.4, -0.2) is 64.5 Å². The van der Waals surface area contributed by atoms with E-state index in [2.05, 4.69) is 10.2 Å². The SMILES string of the molecule is CCOC(=O)/C=c1/s/c(=C\c2c(C)n[nH]c2C)c(=O)n1CC(=O)N1CCOCC1. The number of esters is 1. The van der Waals surface area contributed by atoms with Crippen molar-refractivity contribution in [2.24, 2.45) is 0 Å². The minimum atomic E-state index is -0.552. The third kappa shape index (κ3) is 4.83. The zero-order valence-electron chi connectivity index (χ0n) is 16.7. The third-order valence-corrected chi connectivity index (χ3v) is 5.64. The molecule has 10 heteroatoms. The summed E-state index contributed by atoms with van der Waals surface area (Å²) in [4.78, 5) is 39.4. The van der Waals surface area contributed by atoms with Crippen LogP contribution in [0, 0.1) is 13.8 Å². The zero-order valence-corrected chi connectivity index (χ0v) is 17.5. The Morgan fingerprint density at radius 3 is 2.66 bits per heavy atom. The van der Waals surface area contributed by atoms with E-state index < -0.39 is 5.97 Å². The number of thiazole rings is 1. The predicted octanol–water partition coefficient (Wildman–Crippen LogP) is -0.719. The maximum atomic E-state index is 13.0. The summed E-state index contributed by atoms with van der Waals surface area (Å²) in [5.41, 5.74) is 2.09. The number of aromatic amines is 1. The lowest BCUT2D eigenvalue weighted by molar-refractivity contribution is -0.136. The minimum Gasteiger partial charge on any atom is -0.463 e. The topological polar surface area (TPSA) is 107 Å². The summed E-state index contributed by atoms with van der Waals surface area (Å²) in [6, 6.07) is 0. The van der Waals surface area contributed by atoms with Crippen molar-refractivity contribution in [3.8, 4) is 0 Å². The first kappa shape index (κ1) is 21.0. The number of hydrogen-bond donors (Lipinski definition) is 1. The third-order valence-electron chi connectivity index (χ3n) is 4.58. The van der Waals surface area contributed by atoms with E-state index in [1.807, 2.05) is 13.8 Å². The normalized spacial score (nSPS) is 15.8. The fraction of sp³-hybridized carbons (Fsp3) is 0.474. The number of nitrogens with zero attached hydrogens (tertiary/aromatic N) is 3. The van der Waals surface area contributed by atoms with Crippen LogP contribution in [-0.2, 0) is 25.6 Å². The molecular weight excluding hydrogens is 396 g/mol. The van der Waals surface area contributed by atoms with E-state index in [0.717, 1.165) is 28.3 Å². The van der Waals surface area contributed by atoms with Crippen LogP contribution in [0.15, 0.2) is 4.79 Å². The van der Waals surface area contributed by atoms with Crippen LogP contribution >= 0.6 is 11.3 Å². The van der Waals surface area contributed by atoms with Crippen LogP contribution in [0.4, 0.5) is 0 Å². The van der Waals surface area contributed by atoms with Crippen molar-refractivity contribution in [1.82, 2.24) is 19.7 Å². The van der Waals surface area contributed by atoms with Gasteiger partial charge in [-0.15, -0.1) is 11.3 Å². The molecule has 0 spiro atoms. The average Bonchev–Trinajstić information content (AvgIpc) is 3.17. The van der Waals surface area contributed by atoms with Crippen molar-refractivity contribution in [1.29, 1.82) is 0 Å². The highest BCUT2D eigenvalue weighted by molar-refractivity contribution is 7.07. The Labute approximate surface area is 171 Å². The summed E-state index contributed by atoms with van der Waals surface area (Å²) in [6.45, 7) is 7.43. The van der Waals surface area contributed by atoms with Gasteiger partial charge in [0.1, 0.15) is 11.2 Å². The molecule has 0 unspecified atom stereocenters. The second-order valence-electron chi connectivity index (χ2n) is 6.58. The van der Waals surface area contributed by atoms with E-state index in [0.29, 0.717) is 35.5 Å². The molecule has 9 nitrogen and oxygen atoms in total. The standard InChI is InChI=1S/C19H24N4O5S/c1-4-28-18(25)10-17-23(11-16(24)22-5-7-27-8-6-22)19(26)15(29-17)9-14-12(2)20-21-13(14)3/h9-10H,4-8,11H2,1-3H3,(H,20,21)/b15-9-,17-10+. The fourth-order valence-corrected chi connectivity index (χ4v) is 4.04. The van der Waals surface area contributed by atoms with Gasteiger partial charge < -0.3 is 14.4 Å². The Balaban J connectivity index is 2.05. The summed E-state index contributed by atoms with van der Waals surface area (Å²) < 4.78 is 12.4. The van der Waals surface area contributed by atoms with Gasteiger partial charge in [-0.3, -0.25) is 19.3 Å². The first-order valence-corrected chi connectivity index (χ1v) is 10.2. The largest absolute Gasteiger partial charge is 0.463 e. The van der Waals surface area contributed by atoms with E-state index >= 15 is 0 Å². The number of aromatic nitrogens is 3. The highest BCUT2D eigenvalue weighted by Crippen LogP contribution is 2.09. The first-order valence-electron chi connectivity index (χ1n) is 9.37. The van der Waals surface area contributed by atoms with Crippen LogP contribution < -0.4 is 14.8 Å². The molecule has 1 aliphatic rings. The lowest BCUT2D eigenvalue weighted by Crippen LogP contribution is -2.45. The quantitative estimate of drug-likeness (QED) is 0.640. The number of H-pyrrole nitrogens is 1. The van der Waals surface area contributed by atoms with Gasteiger partial charge in [-0.2, -0.15) is 5.10 Å². The number of carbonyl (C=O) groups excluding carboxylic acids is 2. The smallest absolute Gasteiger partial charge is 0.333 e. The van der Waals surface area contributed by atoms with Crippen LogP contribution in [0.2, 0.25) is 0 Å². The van der Waals surface area contributed by atoms with Gasteiger partial charge in [-0.05, 0) is 26.8 Å². The van der Waals surface area contributed by atoms with E-state index in [4.69, 9.17) is 9.47 Å². The fourth-order valence-electron chi connectivity index (χ4n) is 3.03. The number of ether oxygens (including phenoxy) is 2. The summed E-state index contributed by atoms with van der Waals surface area (Å²) in [5, 5.41) is 7.02. The molecular formula is C19H24N4O5S. The lowest BCUT2D eigenvalue weighted by Gasteiger charge is -2.26. The molecule has 1 aliphatic heterocycles. The Kier molecular flexibility index (Phi) is 6.65. The molecule has 3 rings (SSSR count). The zero-order chi connectivity index (χ0) is 21.0. The molecule has 2 aromatic rings. The maximum Gasteiger partial charge on any atom is 0.333 e. The number of hydrogen-bond acceptors (Lipinski definition) is 7. The van der Waals surface area contributed by atoms with Gasteiger partial charge in [0.25, 0.3) is 5.56 Å². The second kappa shape index (κ2) is 9.19. The van der Waals surface area contributed by atoms with Gasteiger partial charge in [0.05, 0.1) is 36.1 Å². The number of rotatable bonds is 5. The van der Waals surface area contributed by atoms with Gasteiger partial charge in [-0.25, -0.2) is 4.79 Å². The molecule has 1 amide bonds. The van der Waals surface area contributed by atoms with Gasteiger partial charge >= 0.3 is 5.97 Å². The predicted molar refractivity (Wildman–Crippen MR) is 108 cm³/mol. The highest BCUT2D eigenvalue weighted by Gasteiger charge is 2.19. The maximum absolute atomic E-state index is 13.0. The average molecular weight is 420 g/mol. The number of carbonyl (C=O) groups is 2. The summed E-state index contributed by atoms with van der Waals surface area (Å²) >= 11 is 1.15. The lowest BCUT2D eigenvalue weighted by atomic mass is 10.2. The molecule has 1 saturated heterocycles. The number of nitrogens with one attached hydrogen (secondary N) is 1. The van der Waals surface area contributed by atoms with Crippen molar-refractivity contribution < 1.29 is 19.1 Å². The molecule has 29 heavy (non-hydrogen) atoms. The second-order valence-corrected chi connectivity index (χ2v) is 7.64. The Bertz CT molecular complexity index is 1060. The van der Waals surface area contributed by atoms with Gasteiger partial charge in [0.15, 0.2) is 0 Å². The van der Waals surface area contributed by atoms with Gasteiger partial charge in [0.2, 0.25) is 5.91 Å². The number of morpholine rings is 1. The molecule has 3 heterocycles. The van der Waals surface area contributed by atoms with Crippen molar-refractivity contribution in [2.75, 3.05) is 32.9 Å². The van der Waals surface area contributed by atoms with Gasteiger partial charge in [0, 0.05) is 24.3 Å². The van der Waals surface area contributed by atoms with Crippen LogP contribution in [0.25, 0.3) is 12.2 Å². The van der Waals surface area contributed by atoms with E-state index in [1.165, 1.54) is 10.6 Å². The molecule has 0 aromatic carbocycles. The molecule has 0 saturated carbocycles. The molecule has 0 aliphatic carbocycles. The molecule has 1 fully saturated rings. The molecule has 1 N–H and O–H groups in total. The molecule has 0 atom stereocenters. The minimum absolute atomic E-state index is 0.141. The molecule has 156 valence electrons. The molecule has 0 radical (unpaired) electrons. The van der Waals surface area contributed by atoms with Crippen molar-refractivity contribution in [2.45, 2.75) is 27.3 Å². The number of aryl methyl sites for hydroxylation is 2. The van der Waals surface area contributed by atoms with E-state index in [9.17, 15) is 14.4 Å². The summed E-state index contributed by atoms with van der Waals surface area (Å²) in [5.74, 6) is -0.738. The van der Waals surface area contributed by atoms with Gasteiger partial charge in [-0.1, -0.05) is 0 Å². The van der Waals surface area contributed by atoms with Crippen LogP contribution in [0.5, 0.6) is 0 Å². The number of amides is 1. The Hall–Kier alpha value is -2.72. The summed E-state index contributed by atoms with van der Waals surface area (Å²) in [6.07, 6.45) is 2.99. The Morgan fingerprint density at radius 1 is 1.31 bits per heavy atom.